The van der Waals surface area contributed by atoms with E-state index in [0.717, 1.165) is 0 Å². The molecule has 2 rings (SSSR count). The Morgan fingerprint density at radius 3 is 1.50 bits per heavy atom. The number of rotatable bonds is 2. The van der Waals surface area contributed by atoms with Crippen LogP contribution in [0.4, 0.5) is 11.4 Å². The highest BCUT2D eigenvalue weighted by atomic mass is 31.1. The van der Waals surface area contributed by atoms with Crippen molar-refractivity contribution in [2.75, 3.05) is 11.5 Å². The van der Waals surface area contributed by atoms with E-state index in [1.807, 2.05) is 24.3 Å². The van der Waals surface area contributed by atoms with Crippen molar-refractivity contribution in [2.45, 2.75) is 0 Å². The molecular weight excluding hydrogens is 219 g/mol. The molecule has 0 aliphatic carbocycles. The zero-order valence-electron chi connectivity index (χ0n) is 8.68. The molecule has 3 nitrogen and oxygen atoms in total. The average molecular weight is 232 g/mol. The Morgan fingerprint density at radius 2 is 1.12 bits per heavy atom. The zero-order valence-corrected chi connectivity index (χ0v) is 9.68. The summed E-state index contributed by atoms with van der Waals surface area (Å²) in [6.07, 6.45) is 0. The minimum atomic E-state index is -2.10. The summed E-state index contributed by atoms with van der Waals surface area (Å²) in [6, 6.07) is 14.4. The van der Waals surface area contributed by atoms with E-state index in [1.54, 1.807) is 24.3 Å². The van der Waals surface area contributed by atoms with Crippen LogP contribution in [0.1, 0.15) is 0 Å². The van der Waals surface area contributed by atoms with Crippen LogP contribution in [0.5, 0.6) is 0 Å². The molecule has 0 fully saturated rings. The number of benzene rings is 2. The third-order valence-electron chi connectivity index (χ3n) is 2.41. The van der Waals surface area contributed by atoms with Gasteiger partial charge in [-0.25, -0.2) is 0 Å². The number of nitrogens with two attached hydrogens (primary N) is 2. The fraction of sp³-hybridized carbons (Fsp3) is 0. The van der Waals surface area contributed by atoms with Gasteiger partial charge in [0.05, 0.1) is 0 Å². The lowest BCUT2D eigenvalue weighted by atomic mass is 10.3. The van der Waals surface area contributed by atoms with Gasteiger partial charge in [0.2, 0.25) is 0 Å². The zero-order chi connectivity index (χ0) is 11.5. The molecule has 16 heavy (non-hydrogen) atoms. The van der Waals surface area contributed by atoms with Crippen molar-refractivity contribution in [3.05, 3.63) is 48.5 Å². The van der Waals surface area contributed by atoms with Crippen molar-refractivity contribution < 1.29 is 4.57 Å². The van der Waals surface area contributed by atoms with Crippen LogP contribution in [0.25, 0.3) is 0 Å². The van der Waals surface area contributed by atoms with Gasteiger partial charge in [0.15, 0.2) is 0 Å². The first-order valence-electron chi connectivity index (χ1n) is 4.94. The summed E-state index contributed by atoms with van der Waals surface area (Å²) in [4.78, 5) is 0. The van der Waals surface area contributed by atoms with Crippen molar-refractivity contribution in [1.82, 2.24) is 0 Å². The lowest BCUT2D eigenvalue weighted by Crippen LogP contribution is -2.13. The maximum atomic E-state index is 12.3. The summed E-state index contributed by atoms with van der Waals surface area (Å²) in [5, 5.41) is 1.34. The van der Waals surface area contributed by atoms with Crippen LogP contribution >= 0.6 is 7.80 Å². The quantitative estimate of drug-likeness (QED) is 0.606. The van der Waals surface area contributed by atoms with Gasteiger partial charge in [0, 0.05) is 22.0 Å². The Kier molecular flexibility index (Phi) is 2.97. The summed E-state index contributed by atoms with van der Waals surface area (Å²) in [5.74, 6) is 0. The second kappa shape index (κ2) is 4.42. The lowest BCUT2D eigenvalue weighted by molar-refractivity contribution is 0.598. The molecule has 0 saturated heterocycles. The molecule has 2 aromatic rings. The second-order valence-electron chi connectivity index (χ2n) is 3.50. The van der Waals surface area contributed by atoms with Gasteiger partial charge < -0.3 is 16.0 Å². The smallest absolute Gasteiger partial charge is 0.135 e. The predicted octanol–water partition coefficient (Wildman–Crippen LogP) is 1.36. The van der Waals surface area contributed by atoms with Gasteiger partial charge >= 0.3 is 0 Å². The van der Waals surface area contributed by atoms with Crippen LogP contribution in [-0.2, 0) is 4.57 Å². The van der Waals surface area contributed by atoms with E-state index in [0.29, 0.717) is 22.0 Å². The van der Waals surface area contributed by atoms with E-state index in [-0.39, 0.29) is 0 Å². The standard InChI is InChI=1S/C12H13N2OP/c13-9-5-1-3-7-11(9)16(15)12-8-4-2-6-10(12)14/h1-8,16H,13-14H2. The van der Waals surface area contributed by atoms with Gasteiger partial charge in [0.1, 0.15) is 7.80 Å². The topological polar surface area (TPSA) is 69.1 Å². The van der Waals surface area contributed by atoms with E-state index in [4.69, 9.17) is 11.5 Å². The van der Waals surface area contributed by atoms with Crippen molar-refractivity contribution >= 4 is 29.8 Å². The molecule has 0 atom stereocenters. The lowest BCUT2D eigenvalue weighted by Gasteiger charge is -2.07. The molecule has 4 heteroatoms. The molecule has 0 aliphatic rings. The van der Waals surface area contributed by atoms with Crippen molar-refractivity contribution in [3.8, 4) is 0 Å². The van der Waals surface area contributed by atoms with Gasteiger partial charge in [-0.15, -0.1) is 0 Å². The molecule has 4 N–H and O–H groups in total. The molecule has 0 bridgehead atoms. The molecule has 0 aromatic heterocycles. The Hall–Kier alpha value is -1.73. The maximum Gasteiger partial charge on any atom is 0.135 e. The monoisotopic (exact) mass is 232 g/mol. The second-order valence-corrected chi connectivity index (χ2v) is 5.24. The summed E-state index contributed by atoms with van der Waals surface area (Å²) in [5.41, 5.74) is 12.7. The Balaban J connectivity index is 2.48. The van der Waals surface area contributed by atoms with Gasteiger partial charge in [-0.1, -0.05) is 24.3 Å². The molecule has 0 amide bonds. The van der Waals surface area contributed by atoms with Crippen LogP contribution in [0.2, 0.25) is 0 Å². The Labute approximate surface area is 94.9 Å². The van der Waals surface area contributed by atoms with Crippen molar-refractivity contribution in [2.24, 2.45) is 0 Å². The average Bonchev–Trinajstić information content (AvgIpc) is 2.29. The number of hydrogen-bond acceptors (Lipinski definition) is 3. The summed E-state index contributed by atoms with van der Waals surface area (Å²) < 4.78 is 12.3. The van der Waals surface area contributed by atoms with Crippen LogP contribution < -0.4 is 22.1 Å². The highest BCUT2D eigenvalue weighted by molar-refractivity contribution is 7.62. The predicted molar refractivity (Wildman–Crippen MR) is 70.0 cm³/mol. The van der Waals surface area contributed by atoms with Gasteiger partial charge in [0.25, 0.3) is 0 Å². The van der Waals surface area contributed by atoms with Crippen LogP contribution in [0, 0.1) is 0 Å². The maximum absolute atomic E-state index is 12.3. The fourth-order valence-electron chi connectivity index (χ4n) is 1.55. The minimum absolute atomic E-state index is 0.551. The number of nitrogen functional groups attached to an aromatic ring is 2. The minimum Gasteiger partial charge on any atom is -0.398 e. The SMILES string of the molecule is Nc1ccccc1[PH](=O)c1ccccc1N. The molecule has 82 valence electrons. The third-order valence-corrected chi connectivity index (χ3v) is 4.30. The van der Waals surface area contributed by atoms with E-state index in [2.05, 4.69) is 0 Å². The molecule has 0 unspecified atom stereocenters. The molecule has 2 aromatic carbocycles. The van der Waals surface area contributed by atoms with Gasteiger partial charge in [-0.3, -0.25) is 0 Å². The van der Waals surface area contributed by atoms with E-state index in [9.17, 15) is 4.57 Å². The summed E-state index contributed by atoms with van der Waals surface area (Å²) >= 11 is 0. The van der Waals surface area contributed by atoms with Gasteiger partial charge in [-0.05, 0) is 24.3 Å². The first-order chi connectivity index (χ1) is 7.70. The third kappa shape index (κ3) is 1.95. The largest absolute Gasteiger partial charge is 0.398 e. The molecule has 0 radical (unpaired) electrons. The van der Waals surface area contributed by atoms with Crippen molar-refractivity contribution in [1.29, 1.82) is 0 Å². The van der Waals surface area contributed by atoms with E-state index in [1.165, 1.54) is 0 Å². The van der Waals surface area contributed by atoms with Crippen LogP contribution in [0.15, 0.2) is 48.5 Å². The summed E-state index contributed by atoms with van der Waals surface area (Å²) in [7, 11) is -2.10. The molecule has 0 heterocycles. The number of para-hydroxylation sites is 2. The summed E-state index contributed by atoms with van der Waals surface area (Å²) in [6.45, 7) is 0. The highest BCUT2D eigenvalue weighted by Gasteiger charge is 2.11. The molecule has 0 spiro atoms. The number of hydrogen-bond donors (Lipinski definition) is 2. The Bertz CT molecular complexity index is 493. The van der Waals surface area contributed by atoms with Crippen LogP contribution in [-0.4, -0.2) is 0 Å². The molecular formula is C12H13N2OP. The van der Waals surface area contributed by atoms with Crippen LogP contribution in [0.3, 0.4) is 0 Å². The van der Waals surface area contributed by atoms with Gasteiger partial charge in [-0.2, -0.15) is 0 Å². The number of anilines is 2. The van der Waals surface area contributed by atoms with Crippen molar-refractivity contribution in [3.63, 3.8) is 0 Å². The normalized spacial score (nSPS) is 10.6. The fourth-order valence-corrected chi connectivity index (χ4v) is 3.03. The highest BCUT2D eigenvalue weighted by Crippen LogP contribution is 2.25. The molecule has 0 aliphatic heterocycles. The van der Waals surface area contributed by atoms with E-state index < -0.39 is 7.80 Å². The molecule has 0 saturated carbocycles. The van der Waals surface area contributed by atoms with E-state index >= 15 is 0 Å². The first kappa shape index (κ1) is 10.8. The first-order valence-corrected chi connectivity index (χ1v) is 6.34. The Morgan fingerprint density at radius 1 is 0.750 bits per heavy atom.